The Morgan fingerprint density at radius 1 is 0.496 bits per heavy atom. The molecule has 8 aromatic carbocycles. The topological polar surface area (TPSA) is 265 Å². The molecule has 0 spiro atoms. The summed E-state index contributed by atoms with van der Waals surface area (Å²) in [5.74, 6) is -10.1. The second-order valence-corrected chi connectivity index (χ2v) is 40.5. The molecule has 121 heavy (non-hydrogen) atoms. The quantitative estimate of drug-likeness (QED) is 0.0182. The van der Waals surface area contributed by atoms with Crippen molar-refractivity contribution in [2.75, 3.05) is 60.5 Å². The number of hydrogen-bond acceptors (Lipinski definition) is 15. The third kappa shape index (κ3) is 18.8. The van der Waals surface area contributed by atoms with Crippen LogP contribution in [-0.2, 0) is 66.3 Å². The highest BCUT2D eigenvalue weighted by atomic mass is 35.5. The summed E-state index contributed by atoms with van der Waals surface area (Å²) in [6.45, 7) is 18.4. The van der Waals surface area contributed by atoms with E-state index in [0.29, 0.717) is 144 Å². The molecule has 5 N–H and O–H groups in total. The van der Waals surface area contributed by atoms with Crippen LogP contribution in [0, 0.1) is 47.0 Å². The summed E-state index contributed by atoms with van der Waals surface area (Å²) in [5.41, 5.74) is -6.17. The number of amides is 2. The van der Waals surface area contributed by atoms with E-state index >= 15 is 18.0 Å². The van der Waals surface area contributed by atoms with Gasteiger partial charge < -0.3 is 54.0 Å². The second-order valence-electron chi connectivity index (χ2n) is 32.7. The molecule has 5 aliphatic rings. The Bertz CT molecular complexity index is 5070. The molecule has 0 radical (unpaired) electrons. The van der Waals surface area contributed by atoms with Gasteiger partial charge in [-0.1, -0.05) is 147 Å². The average molecular weight is 1780 g/mol. The van der Waals surface area contributed by atoms with Crippen LogP contribution in [0.25, 0.3) is 0 Å². The fourth-order valence-electron chi connectivity index (χ4n) is 17.9. The van der Waals surface area contributed by atoms with Crippen molar-refractivity contribution < 1.29 is 95.9 Å². The first-order chi connectivity index (χ1) is 57.4. The maximum atomic E-state index is 17.0. The van der Waals surface area contributed by atoms with Gasteiger partial charge in [-0.2, -0.15) is 0 Å². The molecule has 2 amide bonds. The van der Waals surface area contributed by atoms with Gasteiger partial charge in [0.05, 0.1) is 80.7 Å². The predicted octanol–water partition coefficient (Wildman–Crippen LogP) is 20.1. The fraction of sp³-hybridized carbons (Fsp3) is 0.419. The molecule has 5 aliphatic heterocycles. The zero-order chi connectivity index (χ0) is 88.0. The monoisotopic (exact) mass is 1780 g/mol. The van der Waals surface area contributed by atoms with Gasteiger partial charge in [-0.25, -0.2) is 18.0 Å². The van der Waals surface area contributed by atoms with Gasteiger partial charge in [-0.15, -0.1) is 0 Å². The minimum Gasteiger partial charge on any atom is -0.481 e. The number of fused-ring (bicyclic) bond motifs is 2. The first kappa shape index (κ1) is 93.6. The summed E-state index contributed by atoms with van der Waals surface area (Å²) in [6.07, 6.45) is 4.44. The number of halogens is 8. The van der Waals surface area contributed by atoms with E-state index in [1.54, 1.807) is 117 Å². The van der Waals surface area contributed by atoms with Crippen molar-refractivity contribution in [3.8, 4) is 0 Å². The van der Waals surface area contributed by atoms with Crippen LogP contribution in [0.4, 0.5) is 13.2 Å². The minimum atomic E-state index is -1.86. The number of carbonyl (C=O) groups excluding carboxylic acids is 4. The van der Waals surface area contributed by atoms with Crippen LogP contribution in [-0.4, -0.2) is 139 Å². The number of methoxy groups -OCH3 is 2. The highest BCUT2D eigenvalue weighted by molar-refractivity contribution is 6.76. The predicted molar refractivity (Wildman–Crippen MR) is 459 cm³/mol. The van der Waals surface area contributed by atoms with Crippen molar-refractivity contribution in [1.82, 2.24) is 9.80 Å². The number of benzene rings is 8. The summed E-state index contributed by atoms with van der Waals surface area (Å²) in [6, 6.07) is 39.0. The number of carboxylic acids is 2. The third-order valence-corrected chi connectivity index (χ3v) is 27.7. The highest BCUT2D eigenvalue weighted by Crippen LogP contribution is 2.57. The van der Waals surface area contributed by atoms with Gasteiger partial charge in [0.1, 0.15) is 17.5 Å². The first-order valence-corrected chi connectivity index (χ1v) is 46.2. The molecule has 0 aliphatic carbocycles. The molecule has 0 saturated carbocycles. The Kier molecular flexibility index (Phi) is 30.2. The lowest BCUT2D eigenvalue weighted by Gasteiger charge is -2.44. The van der Waals surface area contributed by atoms with E-state index in [1.165, 1.54) is 79.5 Å². The van der Waals surface area contributed by atoms with Crippen LogP contribution in [0.2, 0.25) is 50.8 Å². The average Bonchev–Trinajstić information content (AvgIpc) is 1.54. The van der Waals surface area contributed by atoms with E-state index in [9.17, 15) is 49.5 Å². The van der Waals surface area contributed by atoms with E-state index in [-0.39, 0.29) is 69.7 Å². The normalized spacial score (nSPS) is 20.2. The number of hydrogen-bond donors (Lipinski definition) is 5. The second kappa shape index (κ2) is 39.0. The maximum absolute atomic E-state index is 17.0. The number of aromatic carboxylic acids is 1. The van der Waals surface area contributed by atoms with Crippen LogP contribution in [0.5, 0.6) is 0 Å². The number of aliphatic carboxylic acids is 1. The van der Waals surface area contributed by atoms with Gasteiger partial charge in [0.25, 0.3) is 11.8 Å². The first-order valence-electron chi connectivity index (χ1n) is 40.6. The Morgan fingerprint density at radius 3 is 1.14 bits per heavy atom. The van der Waals surface area contributed by atoms with E-state index < -0.39 is 124 Å². The number of aliphatic hydroxyl groups is 3. The van der Waals surface area contributed by atoms with E-state index in [4.69, 9.17) is 86.4 Å². The molecular formula is C93H102Cl5F3N2O17Si. The molecule has 0 unspecified atom stereocenters. The number of rotatable bonds is 27. The number of esters is 1. The van der Waals surface area contributed by atoms with Crippen molar-refractivity contribution in [2.24, 2.45) is 29.6 Å². The summed E-state index contributed by atoms with van der Waals surface area (Å²) in [5, 5.41) is 57.4. The van der Waals surface area contributed by atoms with Crippen LogP contribution in [0.15, 0.2) is 158 Å². The summed E-state index contributed by atoms with van der Waals surface area (Å²) in [4.78, 5) is 83.5. The smallest absolute Gasteiger partial charge is 0.336 e. The lowest BCUT2D eigenvalue weighted by Crippen LogP contribution is -2.51. The molecule has 19 nitrogen and oxygen atoms in total. The van der Waals surface area contributed by atoms with Crippen molar-refractivity contribution in [3.05, 3.63) is 278 Å². The summed E-state index contributed by atoms with van der Waals surface area (Å²) < 4.78 is 83.5. The standard InChI is InChI=1S/C38H46Cl2FNO6Si.C33H34Cl2FNO6.C22H22ClFO5/c1-7-37(45,26-16-18-47-19-17-26)28-22-31-33(32(41)23-28)38(46-3,27-10-14-30(40)15-11-27)42(35(31)43)34(25-8-12-29(39)13-9-25)24(2)36(44)48-20-21-49(4,5)6;1-4-32(41,21-13-15-43-16-14-21)23-17-26-28(27(36)18-23)33(42-3,22-7-11-25(35)12-8-22)37(30(26)38)29(19(2)31(39)40)20-5-9-24(34)10-6-20;1-2-22(28,14-7-9-29-10-8-14)15-11-17(21(26)27)19(18(24)12-15)20(25)13-3-5-16(23)6-4-13/h8-15,22-24,26,34,45H,7,16-21H2,1-6H3;5-12,17-19,21,29,41H,4,13-16H2,1-3H3,(H,39,40);3-6,11-12,14,28H,2,7-10H2,1H3,(H,26,27)/t24-,34-,37-,38+;19-,29-,32-,33+;22-/m000/s1. The fourth-order valence-corrected chi connectivity index (χ4v) is 19.3. The maximum Gasteiger partial charge on any atom is 0.336 e. The molecule has 8 aromatic rings. The van der Waals surface area contributed by atoms with Crippen molar-refractivity contribution in [2.45, 2.75) is 158 Å². The number of ketones is 1. The summed E-state index contributed by atoms with van der Waals surface area (Å²) in [7, 11) is 1.25. The summed E-state index contributed by atoms with van der Waals surface area (Å²) >= 11 is 30.8. The van der Waals surface area contributed by atoms with Crippen molar-refractivity contribution in [3.63, 3.8) is 0 Å². The van der Waals surface area contributed by atoms with Gasteiger partial charge in [-0.3, -0.25) is 33.8 Å². The number of ether oxygens (including phenoxy) is 6. The molecule has 0 bridgehead atoms. The largest absolute Gasteiger partial charge is 0.481 e. The van der Waals surface area contributed by atoms with E-state index in [1.807, 2.05) is 13.8 Å². The molecule has 13 rings (SSSR count). The molecule has 5 heterocycles. The van der Waals surface area contributed by atoms with Gasteiger partial charge >= 0.3 is 17.9 Å². The Morgan fingerprint density at radius 2 is 0.818 bits per heavy atom. The molecule has 3 fully saturated rings. The van der Waals surface area contributed by atoms with Crippen molar-refractivity contribution >= 4 is 102 Å². The van der Waals surface area contributed by atoms with Crippen LogP contribution >= 0.6 is 58.0 Å². The highest BCUT2D eigenvalue weighted by Gasteiger charge is 2.61. The zero-order valence-corrected chi connectivity index (χ0v) is 73.9. The SMILES string of the molecule is CC[C@@](O)(c1cc(F)c(C(=O)c2ccc(Cl)cc2)c(C(=O)O)c1)C1CCOCC1.CC[C@@](O)(c1cc(F)c2c(c1)C(=O)N([C@H](c1ccc(Cl)cc1)[C@H](C)C(=O)O)[C@@]2(OC)c1ccc(Cl)cc1)C1CCOCC1.CC[C@@](O)(c1cc(F)c2c(c1)C(=O)N([C@H](c1ccc(Cl)cc1)[C@H](C)C(=O)OCC[Si](C)(C)C)[C@@]2(OC)c1ccc(Cl)cc1)C1CCOCC1. The molecule has 0 aromatic heterocycles. The molecule has 646 valence electrons. The lowest BCUT2D eigenvalue weighted by molar-refractivity contribution is -0.155. The van der Waals surface area contributed by atoms with Crippen molar-refractivity contribution in [1.29, 1.82) is 0 Å². The van der Waals surface area contributed by atoms with Gasteiger partial charge in [0, 0.05) is 104 Å². The molecule has 3 saturated heterocycles. The number of carboxylic acid groups (broad SMARTS) is 2. The zero-order valence-electron chi connectivity index (χ0n) is 69.1. The lowest BCUT2D eigenvalue weighted by atomic mass is 9.74. The molecular weight excluding hydrogens is 1680 g/mol. The van der Waals surface area contributed by atoms with E-state index in [0.717, 1.165) is 12.1 Å². The van der Waals surface area contributed by atoms with Crippen LogP contribution in [0.1, 0.15) is 202 Å². The minimum absolute atomic E-state index is 0.00485. The number of carbonyl (C=O) groups is 6. The van der Waals surface area contributed by atoms with Crippen LogP contribution in [0.3, 0.4) is 0 Å². The Labute approximate surface area is 729 Å². The van der Waals surface area contributed by atoms with Gasteiger partial charge in [0.15, 0.2) is 17.2 Å². The number of nitrogens with zero attached hydrogens (tertiary/aromatic N) is 2. The molecule has 28 heteroatoms. The van der Waals surface area contributed by atoms with E-state index in [2.05, 4.69) is 19.6 Å². The Balaban J connectivity index is 0.000000183. The Hall–Kier alpha value is -8.08. The third-order valence-electron chi connectivity index (χ3n) is 24.7. The van der Waals surface area contributed by atoms with Crippen LogP contribution < -0.4 is 0 Å². The van der Waals surface area contributed by atoms with Gasteiger partial charge in [0.2, 0.25) is 0 Å². The molecule has 9 atom stereocenters. The van der Waals surface area contributed by atoms with Gasteiger partial charge in [-0.05, 0) is 232 Å².